The Kier molecular flexibility index (Phi) is 8.42. The monoisotopic (exact) mass is 253 g/mol. The number of hydrogen-bond donors (Lipinski definition) is 1. The maximum absolute atomic E-state index is 13.6. The zero-order chi connectivity index (χ0) is 13.3. The minimum Gasteiger partial charge on any atom is -0.268 e. The summed E-state index contributed by atoms with van der Waals surface area (Å²) in [5.74, 6) is -0.248. The first-order valence-corrected chi connectivity index (χ1v) is 6.29. The number of nitrogens with zero attached hydrogens (tertiary/aromatic N) is 1. The van der Waals surface area contributed by atoms with Crippen molar-refractivity contribution in [3.05, 3.63) is 41.3 Å². The topological polar surface area (TPSA) is 12.4 Å². The molecule has 0 bridgehead atoms. The molecule has 17 heavy (non-hydrogen) atoms. The fourth-order valence-electron chi connectivity index (χ4n) is 1.20. The van der Waals surface area contributed by atoms with Gasteiger partial charge in [-0.3, -0.25) is 4.99 Å². The van der Waals surface area contributed by atoms with Gasteiger partial charge in [-0.1, -0.05) is 32.9 Å². The molecule has 0 spiro atoms. The van der Waals surface area contributed by atoms with Crippen molar-refractivity contribution in [3.63, 3.8) is 0 Å². The number of benzene rings is 1. The van der Waals surface area contributed by atoms with Gasteiger partial charge < -0.3 is 0 Å². The lowest BCUT2D eigenvalue weighted by molar-refractivity contribution is 0.622. The molecule has 1 aromatic rings. The van der Waals surface area contributed by atoms with Crippen LogP contribution in [0.4, 0.5) is 4.39 Å². The van der Waals surface area contributed by atoms with Gasteiger partial charge in [0.2, 0.25) is 0 Å². The van der Waals surface area contributed by atoms with Crippen LogP contribution in [0.5, 0.6) is 0 Å². The summed E-state index contributed by atoms with van der Waals surface area (Å²) in [6, 6.07) is 5.17. The zero-order valence-corrected chi connectivity index (χ0v) is 11.8. The molecular weight excluding hydrogens is 233 g/mol. The van der Waals surface area contributed by atoms with E-state index in [1.165, 1.54) is 12.3 Å². The number of halogens is 1. The van der Waals surface area contributed by atoms with Crippen molar-refractivity contribution in [1.82, 2.24) is 0 Å². The molecule has 0 aliphatic carbocycles. The summed E-state index contributed by atoms with van der Waals surface area (Å²) in [4.78, 5) is 4.44. The summed E-state index contributed by atoms with van der Waals surface area (Å²) < 4.78 is 13.6. The van der Waals surface area contributed by atoms with Crippen LogP contribution in [0.3, 0.4) is 0 Å². The van der Waals surface area contributed by atoms with Gasteiger partial charge >= 0.3 is 0 Å². The second kappa shape index (κ2) is 8.99. The molecule has 0 saturated heterocycles. The highest BCUT2D eigenvalue weighted by Crippen LogP contribution is 2.22. The Bertz CT molecular complexity index is 397. The average molecular weight is 253 g/mol. The molecule has 0 atom stereocenters. The zero-order valence-electron chi connectivity index (χ0n) is 10.9. The molecule has 1 aromatic carbocycles. The van der Waals surface area contributed by atoms with Gasteiger partial charge in [0.25, 0.3) is 0 Å². The second-order valence-electron chi connectivity index (χ2n) is 3.09. The van der Waals surface area contributed by atoms with Crippen molar-refractivity contribution in [2.45, 2.75) is 34.1 Å². The molecular formula is C14H20FNS. The molecule has 0 aliphatic heterocycles. The number of aliphatic imine (C=N–C) groups is 1. The normalized spacial score (nSPS) is 11.3. The van der Waals surface area contributed by atoms with E-state index in [-0.39, 0.29) is 5.82 Å². The largest absolute Gasteiger partial charge is 0.268 e. The van der Waals surface area contributed by atoms with Crippen LogP contribution >= 0.6 is 12.6 Å². The van der Waals surface area contributed by atoms with Crippen LogP contribution in [0.2, 0.25) is 0 Å². The minimum atomic E-state index is -0.248. The average Bonchev–Trinajstić information content (AvgIpc) is 2.38. The van der Waals surface area contributed by atoms with Gasteiger partial charge in [-0.05, 0) is 25.0 Å². The molecule has 3 heteroatoms. The standard InChI is InChI=1S/C12H14FNS.C2H6/c1-3-9-5-6-10(11(13)7-9)12(15)8-14-4-2;1-2/h4-8,15H,3H2,1-2H3;1-2H3/b12-8-,14-4?;. The first-order valence-electron chi connectivity index (χ1n) is 5.84. The van der Waals surface area contributed by atoms with E-state index >= 15 is 0 Å². The van der Waals surface area contributed by atoms with Gasteiger partial charge in [-0.15, -0.1) is 12.6 Å². The number of aryl methyl sites for hydroxylation is 1. The van der Waals surface area contributed by atoms with E-state index in [4.69, 9.17) is 0 Å². The van der Waals surface area contributed by atoms with Crippen molar-refractivity contribution in [3.8, 4) is 0 Å². The molecule has 0 fully saturated rings. The van der Waals surface area contributed by atoms with Gasteiger partial charge in [0.15, 0.2) is 0 Å². The Hall–Kier alpha value is -1.09. The van der Waals surface area contributed by atoms with E-state index in [2.05, 4.69) is 17.6 Å². The molecule has 0 N–H and O–H groups in total. The summed E-state index contributed by atoms with van der Waals surface area (Å²) in [5, 5.41) is 0. The summed E-state index contributed by atoms with van der Waals surface area (Å²) in [6.45, 7) is 7.79. The van der Waals surface area contributed by atoms with Crippen LogP contribution in [0, 0.1) is 5.82 Å². The van der Waals surface area contributed by atoms with Crippen molar-refractivity contribution in [2.24, 2.45) is 4.99 Å². The summed E-state index contributed by atoms with van der Waals surface area (Å²) >= 11 is 4.19. The highest BCUT2D eigenvalue weighted by Gasteiger charge is 2.04. The first-order chi connectivity index (χ1) is 8.19. The summed E-state index contributed by atoms with van der Waals surface area (Å²) in [5.41, 5.74) is 1.47. The summed E-state index contributed by atoms with van der Waals surface area (Å²) in [6.07, 6.45) is 4.00. The maximum Gasteiger partial charge on any atom is 0.131 e. The predicted molar refractivity (Wildman–Crippen MR) is 78.3 cm³/mol. The highest BCUT2D eigenvalue weighted by molar-refractivity contribution is 7.90. The first kappa shape index (κ1) is 15.9. The third-order valence-electron chi connectivity index (χ3n) is 2.06. The Labute approximate surface area is 109 Å². The Morgan fingerprint density at radius 3 is 2.53 bits per heavy atom. The smallest absolute Gasteiger partial charge is 0.131 e. The van der Waals surface area contributed by atoms with Crippen LogP contribution < -0.4 is 0 Å². The lowest BCUT2D eigenvalue weighted by atomic mass is 10.1. The summed E-state index contributed by atoms with van der Waals surface area (Å²) in [7, 11) is 0. The SMILES string of the molecule is CC.CC=N/C=C(\S)c1ccc(CC)cc1F. The van der Waals surface area contributed by atoms with Crippen molar-refractivity contribution in [1.29, 1.82) is 0 Å². The van der Waals surface area contributed by atoms with E-state index < -0.39 is 0 Å². The van der Waals surface area contributed by atoms with E-state index in [1.807, 2.05) is 26.8 Å². The molecule has 0 unspecified atom stereocenters. The van der Waals surface area contributed by atoms with Gasteiger partial charge in [-0.2, -0.15) is 0 Å². The fourth-order valence-corrected chi connectivity index (χ4v) is 1.45. The fraction of sp³-hybridized carbons (Fsp3) is 0.357. The molecule has 0 heterocycles. The number of hydrogen-bond acceptors (Lipinski definition) is 2. The molecule has 0 saturated carbocycles. The van der Waals surface area contributed by atoms with Gasteiger partial charge in [-0.25, -0.2) is 4.39 Å². The maximum atomic E-state index is 13.6. The lowest BCUT2D eigenvalue weighted by Gasteiger charge is -2.03. The van der Waals surface area contributed by atoms with Crippen molar-refractivity contribution in [2.75, 3.05) is 0 Å². The minimum absolute atomic E-state index is 0.248. The van der Waals surface area contributed by atoms with Crippen molar-refractivity contribution < 1.29 is 4.39 Å². The van der Waals surface area contributed by atoms with Gasteiger partial charge in [0, 0.05) is 22.9 Å². The Morgan fingerprint density at radius 2 is 2.06 bits per heavy atom. The molecule has 1 nitrogen and oxygen atoms in total. The number of thiol groups is 1. The van der Waals surface area contributed by atoms with Crippen LogP contribution in [-0.2, 0) is 6.42 Å². The molecule has 0 aliphatic rings. The van der Waals surface area contributed by atoms with Gasteiger partial charge in [0.05, 0.1) is 0 Å². The van der Waals surface area contributed by atoms with E-state index in [1.54, 1.807) is 19.2 Å². The Morgan fingerprint density at radius 1 is 1.41 bits per heavy atom. The molecule has 1 rings (SSSR count). The van der Waals surface area contributed by atoms with E-state index in [0.717, 1.165) is 12.0 Å². The molecule has 0 aromatic heterocycles. The highest BCUT2D eigenvalue weighted by atomic mass is 32.1. The second-order valence-corrected chi connectivity index (χ2v) is 3.57. The molecule has 0 amide bonds. The molecule has 94 valence electrons. The van der Waals surface area contributed by atoms with Crippen molar-refractivity contribution >= 4 is 23.7 Å². The van der Waals surface area contributed by atoms with Crippen LogP contribution in [0.25, 0.3) is 4.91 Å². The predicted octanol–water partition coefficient (Wildman–Crippen LogP) is 4.73. The Balaban J connectivity index is 0.00000121. The third-order valence-corrected chi connectivity index (χ3v) is 2.42. The third kappa shape index (κ3) is 5.18. The van der Waals surface area contributed by atoms with E-state index in [0.29, 0.717) is 10.5 Å². The van der Waals surface area contributed by atoms with Crippen LogP contribution in [-0.4, -0.2) is 6.21 Å². The van der Waals surface area contributed by atoms with E-state index in [9.17, 15) is 4.39 Å². The van der Waals surface area contributed by atoms with Gasteiger partial charge in [0.1, 0.15) is 5.82 Å². The van der Waals surface area contributed by atoms with Crippen LogP contribution in [0.15, 0.2) is 29.4 Å². The van der Waals surface area contributed by atoms with Crippen LogP contribution in [0.1, 0.15) is 38.8 Å². The quantitative estimate of drug-likeness (QED) is 0.590. The lowest BCUT2D eigenvalue weighted by Crippen LogP contribution is -1.88. The number of rotatable bonds is 3. The molecule has 0 radical (unpaired) electrons.